The molecule has 5 heteroatoms. The Morgan fingerprint density at radius 1 is 1.00 bits per heavy atom. The molecule has 0 spiro atoms. The van der Waals surface area contributed by atoms with Crippen molar-refractivity contribution in [1.82, 2.24) is 5.32 Å². The molecule has 0 heterocycles. The second-order valence-corrected chi connectivity index (χ2v) is 7.44. The molecule has 0 aliphatic heterocycles. The topological polar surface area (TPSA) is 58.2 Å². The van der Waals surface area contributed by atoms with Gasteiger partial charge in [-0.2, -0.15) is 0 Å². The van der Waals surface area contributed by atoms with Crippen molar-refractivity contribution in [3.05, 3.63) is 64.7 Å². The molecule has 2 aromatic carbocycles. The van der Waals surface area contributed by atoms with Gasteiger partial charge in [0.15, 0.2) is 0 Å². The summed E-state index contributed by atoms with van der Waals surface area (Å²) in [4.78, 5) is 24.7. The van der Waals surface area contributed by atoms with Gasteiger partial charge in [-0.1, -0.05) is 55.1 Å². The third-order valence-electron chi connectivity index (χ3n) is 4.93. The zero-order valence-electron chi connectivity index (χ0n) is 15.3. The smallest absolute Gasteiger partial charge is 0.251 e. The van der Waals surface area contributed by atoms with Crippen molar-refractivity contribution in [3.8, 4) is 0 Å². The molecular formula is C22H25ClN2O2. The lowest BCUT2D eigenvalue weighted by Gasteiger charge is -2.22. The summed E-state index contributed by atoms with van der Waals surface area (Å²) in [7, 11) is 0. The fourth-order valence-corrected chi connectivity index (χ4v) is 3.66. The fourth-order valence-electron chi connectivity index (χ4n) is 3.43. The van der Waals surface area contributed by atoms with E-state index in [-0.39, 0.29) is 17.9 Å². The van der Waals surface area contributed by atoms with E-state index in [4.69, 9.17) is 11.6 Å². The molecule has 2 amide bonds. The molecule has 0 atom stereocenters. The minimum Gasteiger partial charge on any atom is -0.349 e. The zero-order chi connectivity index (χ0) is 19.1. The molecular weight excluding hydrogens is 360 g/mol. The van der Waals surface area contributed by atoms with Gasteiger partial charge in [-0.25, -0.2) is 0 Å². The molecule has 0 unspecified atom stereocenters. The second-order valence-electron chi connectivity index (χ2n) is 7.03. The maximum atomic E-state index is 12.5. The van der Waals surface area contributed by atoms with Crippen LogP contribution in [0.3, 0.4) is 0 Å². The molecule has 4 nitrogen and oxygen atoms in total. The molecule has 1 saturated carbocycles. The molecule has 0 bridgehead atoms. The summed E-state index contributed by atoms with van der Waals surface area (Å²) >= 11 is 6.13. The van der Waals surface area contributed by atoms with E-state index in [9.17, 15) is 9.59 Å². The molecule has 1 fully saturated rings. The van der Waals surface area contributed by atoms with E-state index in [1.165, 1.54) is 19.3 Å². The third kappa shape index (κ3) is 5.83. The van der Waals surface area contributed by atoms with E-state index in [2.05, 4.69) is 10.6 Å². The molecule has 1 aliphatic rings. The van der Waals surface area contributed by atoms with Crippen LogP contribution in [0.2, 0.25) is 5.02 Å². The van der Waals surface area contributed by atoms with Gasteiger partial charge < -0.3 is 10.6 Å². The van der Waals surface area contributed by atoms with Crippen molar-refractivity contribution in [1.29, 1.82) is 0 Å². The highest BCUT2D eigenvalue weighted by molar-refractivity contribution is 6.31. The normalized spacial score (nSPS) is 14.6. The van der Waals surface area contributed by atoms with Gasteiger partial charge in [-0.05, 0) is 49.1 Å². The Morgan fingerprint density at radius 2 is 1.78 bits per heavy atom. The van der Waals surface area contributed by atoms with Gasteiger partial charge >= 0.3 is 0 Å². The van der Waals surface area contributed by atoms with E-state index in [1.54, 1.807) is 24.3 Å². The van der Waals surface area contributed by atoms with Crippen LogP contribution < -0.4 is 10.6 Å². The van der Waals surface area contributed by atoms with Gasteiger partial charge in [-0.15, -0.1) is 0 Å². The summed E-state index contributed by atoms with van der Waals surface area (Å²) < 4.78 is 0. The standard InChI is InChI=1S/C22H25ClN2O2/c23-20-12-5-4-7-16(20)13-14-21(26)24-19-11-6-8-17(15-19)22(27)25-18-9-2-1-3-10-18/h4-8,11-12,15,18H,1-3,9-10,13-14H2,(H,24,26)(H,25,27). The van der Waals surface area contributed by atoms with Crippen LogP contribution in [0.4, 0.5) is 5.69 Å². The van der Waals surface area contributed by atoms with Gasteiger partial charge in [0.25, 0.3) is 5.91 Å². The molecule has 0 aromatic heterocycles. The molecule has 27 heavy (non-hydrogen) atoms. The number of amides is 2. The molecule has 142 valence electrons. The highest BCUT2D eigenvalue weighted by atomic mass is 35.5. The highest BCUT2D eigenvalue weighted by Gasteiger charge is 2.17. The number of hydrogen-bond donors (Lipinski definition) is 2. The third-order valence-corrected chi connectivity index (χ3v) is 5.30. The Kier molecular flexibility index (Phi) is 6.88. The number of hydrogen-bond acceptors (Lipinski definition) is 2. The van der Waals surface area contributed by atoms with Crippen LogP contribution in [0.15, 0.2) is 48.5 Å². The summed E-state index contributed by atoms with van der Waals surface area (Å²) in [6.45, 7) is 0. The van der Waals surface area contributed by atoms with E-state index >= 15 is 0 Å². The minimum atomic E-state index is -0.0974. The van der Waals surface area contributed by atoms with Gasteiger partial charge in [0.1, 0.15) is 0 Å². The summed E-state index contributed by atoms with van der Waals surface area (Å²) in [5.41, 5.74) is 2.16. The van der Waals surface area contributed by atoms with Crippen molar-refractivity contribution in [3.63, 3.8) is 0 Å². The van der Waals surface area contributed by atoms with Gasteiger partial charge in [0.05, 0.1) is 0 Å². The zero-order valence-corrected chi connectivity index (χ0v) is 16.1. The number of carbonyl (C=O) groups excluding carboxylic acids is 2. The van der Waals surface area contributed by atoms with Crippen LogP contribution in [0.25, 0.3) is 0 Å². The second kappa shape index (κ2) is 9.56. The number of nitrogens with one attached hydrogen (secondary N) is 2. The van der Waals surface area contributed by atoms with Crippen molar-refractivity contribution in [2.75, 3.05) is 5.32 Å². The van der Waals surface area contributed by atoms with Crippen LogP contribution >= 0.6 is 11.6 Å². The monoisotopic (exact) mass is 384 g/mol. The largest absolute Gasteiger partial charge is 0.349 e. The summed E-state index contributed by atoms with van der Waals surface area (Å²) in [5.74, 6) is -0.172. The van der Waals surface area contributed by atoms with Gasteiger partial charge in [0, 0.05) is 28.7 Å². The van der Waals surface area contributed by atoms with Crippen LogP contribution in [-0.4, -0.2) is 17.9 Å². The molecule has 0 saturated heterocycles. The Balaban J connectivity index is 1.54. The summed E-state index contributed by atoms with van der Waals surface area (Å²) in [6.07, 6.45) is 6.60. The van der Waals surface area contributed by atoms with Crippen LogP contribution in [0.1, 0.15) is 54.4 Å². The first kappa shape index (κ1) is 19.4. The maximum absolute atomic E-state index is 12.5. The number of aryl methyl sites for hydroxylation is 1. The number of rotatable bonds is 6. The number of anilines is 1. The lowest BCUT2D eigenvalue weighted by Crippen LogP contribution is -2.36. The average molecular weight is 385 g/mol. The van der Waals surface area contributed by atoms with Crippen LogP contribution in [0, 0.1) is 0 Å². The van der Waals surface area contributed by atoms with E-state index in [1.807, 2.05) is 24.3 Å². The summed E-state index contributed by atoms with van der Waals surface area (Å²) in [5, 5.41) is 6.64. The van der Waals surface area contributed by atoms with E-state index in [0.717, 1.165) is 18.4 Å². The quantitative estimate of drug-likeness (QED) is 0.738. The Hall–Kier alpha value is -2.33. The van der Waals surface area contributed by atoms with Gasteiger partial charge in [-0.3, -0.25) is 9.59 Å². The first-order chi connectivity index (χ1) is 13.1. The Morgan fingerprint density at radius 3 is 2.56 bits per heavy atom. The molecule has 2 N–H and O–H groups in total. The Bertz CT molecular complexity index is 800. The van der Waals surface area contributed by atoms with Crippen LogP contribution in [0.5, 0.6) is 0 Å². The average Bonchev–Trinajstić information content (AvgIpc) is 2.68. The van der Waals surface area contributed by atoms with Crippen molar-refractivity contribution >= 4 is 29.1 Å². The van der Waals surface area contributed by atoms with Crippen molar-refractivity contribution in [2.45, 2.75) is 51.0 Å². The fraction of sp³-hybridized carbons (Fsp3) is 0.364. The lowest BCUT2D eigenvalue weighted by atomic mass is 9.95. The van der Waals surface area contributed by atoms with E-state index < -0.39 is 0 Å². The number of carbonyl (C=O) groups is 2. The van der Waals surface area contributed by atoms with Crippen LogP contribution in [-0.2, 0) is 11.2 Å². The number of halogens is 1. The molecule has 2 aromatic rings. The molecule has 3 rings (SSSR count). The minimum absolute atomic E-state index is 0.0749. The first-order valence-corrected chi connectivity index (χ1v) is 9.94. The molecule has 1 aliphatic carbocycles. The first-order valence-electron chi connectivity index (χ1n) is 9.56. The van der Waals surface area contributed by atoms with Crippen molar-refractivity contribution in [2.24, 2.45) is 0 Å². The van der Waals surface area contributed by atoms with E-state index in [0.29, 0.717) is 29.1 Å². The number of benzene rings is 2. The maximum Gasteiger partial charge on any atom is 0.251 e. The lowest BCUT2D eigenvalue weighted by molar-refractivity contribution is -0.116. The Labute approximate surface area is 165 Å². The highest BCUT2D eigenvalue weighted by Crippen LogP contribution is 2.19. The van der Waals surface area contributed by atoms with Crippen molar-refractivity contribution < 1.29 is 9.59 Å². The predicted octanol–water partition coefficient (Wildman–Crippen LogP) is 4.97. The van der Waals surface area contributed by atoms with Gasteiger partial charge in [0.2, 0.25) is 5.91 Å². The molecule has 0 radical (unpaired) electrons. The predicted molar refractivity (Wildman–Crippen MR) is 109 cm³/mol. The SMILES string of the molecule is O=C(CCc1ccccc1Cl)Nc1cccc(C(=O)NC2CCCCC2)c1. The summed E-state index contributed by atoms with van der Waals surface area (Å²) in [6, 6.07) is 14.9.